The number of hydrogen-bond donors (Lipinski definition) is 1. The summed E-state index contributed by atoms with van der Waals surface area (Å²) in [7, 11) is -4.05. The molecule has 0 aromatic heterocycles. The van der Waals surface area contributed by atoms with Gasteiger partial charge in [-0.25, -0.2) is 8.42 Å². The Balaban J connectivity index is 1.31. The smallest absolute Gasteiger partial charge is 0.416 e. The summed E-state index contributed by atoms with van der Waals surface area (Å²) in [5, 5.41) is 0. The Labute approximate surface area is 251 Å². The molecule has 3 fully saturated rings. The highest BCUT2D eigenvalue weighted by Gasteiger charge is 2.43. The van der Waals surface area contributed by atoms with Crippen LogP contribution in [-0.4, -0.2) is 68.0 Å². The van der Waals surface area contributed by atoms with E-state index in [0.29, 0.717) is 44.2 Å². The summed E-state index contributed by atoms with van der Waals surface area (Å²) in [6.07, 6.45) is 2.54. The molecule has 0 bridgehead atoms. The third kappa shape index (κ3) is 7.82. The summed E-state index contributed by atoms with van der Waals surface area (Å²) in [5.74, 6) is 1.03. The maximum absolute atomic E-state index is 13.9. The predicted octanol–water partition coefficient (Wildman–Crippen LogP) is 5.21. The van der Waals surface area contributed by atoms with Gasteiger partial charge in [0.15, 0.2) is 0 Å². The first kappa shape index (κ1) is 31.6. The number of carbonyl (C=O) groups excluding carboxylic acids is 1. The second-order valence-electron chi connectivity index (χ2n) is 11.9. The third-order valence-corrected chi connectivity index (χ3v) is 10.7. The zero-order chi connectivity index (χ0) is 30.6. The summed E-state index contributed by atoms with van der Waals surface area (Å²) in [4.78, 5) is 15.5. The number of alkyl halides is 3. The highest BCUT2D eigenvalue weighted by Crippen LogP contribution is 2.33. The minimum absolute atomic E-state index is 0.00941. The molecule has 2 N–H and O–H groups in total. The zero-order valence-corrected chi connectivity index (χ0v) is 25.0. The van der Waals surface area contributed by atoms with E-state index in [1.165, 1.54) is 47.8 Å². The summed E-state index contributed by atoms with van der Waals surface area (Å²) < 4.78 is 79.9. The normalized spacial score (nSPS) is 23.2. The standard InChI is InChI=1S/C31H40F3N3O5S/c32-31(33,34)23-6-8-26(9-7-23)42-27-16-19-37(29(20-27)30(38)36-17-14-24(35)15-18-36)43(39,40)28-12-10-25(11-13-28)41-21-22-4-2-1-3-5-22/h6-13,22,24,27,29H,1-5,14-21,35H2/t27-,29-/m0/s1. The number of nitrogens with two attached hydrogens (primary N) is 1. The van der Waals surface area contributed by atoms with Crippen molar-refractivity contribution in [2.75, 3.05) is 26.2 Å². The van der Waals surface area contributed by atoms with Crippen LogP contribution in [-0.2, 0) is 21.0 Å². The Morgan fingerprint density at radius 2 is 1.49 bits per heavy atom. The van der Waals surface area contributed by atoms with Crippen molar-refractivity contribution < 1.29 is 35.9 Å². The van der Waals surface area contributed by atoms with Crippen molar-refractivity contribution in [2.24, 2.45) is 11.7 Å². The average Bonchev–Trinajstić information content (AvgIpc) is 3.00. The molecule has 2 aliphatic heterocycles. The minimum Gasteiger partial charge on any atom is -0.493 e. The molecule has 43 heavy (non-hydrogen) atoms. The van der Waals surface area contributed by atoms with E-state index in [-0.39, 0.29) is 42.0 Å². The van der Waals surface area contributed by atoms with E-state index < -0.39 is 33.9 Å². The van der Waals surface area contributed by atoms with Gasteiger partial charge in [0.2, 0.25) is 15.9 Å². The molecule has 1 aliphatic carbocycles. The Hall–Kier alpha value is -2.83. The second kappa shape index (κ2) is 13.4. The molecule has 2 aromatic carbocycles. The molecule has 12 heteroatoms. The van der Waals surface area contributed by atoms with Gasteiger partial charge >= 0.3 is 6.18 Å². The molecule has 2 saturated heterocycles. The Morgan fingerprint density at radius 1 is 0.860 bits per heavy atom. The minimum atomic E-state index is -4.47. The molecular formula is C31H40F3N3O5S. The Morgan fingerprint density at radius 3 is 2.12 bits per heavy atom. The molecule has 1 amide bonds. The van der Waals surface area contributed by atoms with Crippen LogP contribution in [0.2, 0.25) is 0 Å². The largest absolute Gasteiger partial charge is 0.493 e. The van der Waals surface area contributed by atoms with E-state index >= 15 is 0 Å². The van der Waals surface area contributed by atoms with Crippen molar-refractivity contribution >= 4 is 15.9 Å². The molecule has 5 rings (SSSR count). The van der Waals surface area contributed by atoms with Crippen LogP contribution in [0.25, 0.3) is 0 Å². The van der Waals surface area contributed by atoms with Gasteiger partial charge < -0.3 is 20.1 Å². The van der Waals surface area contributed by atoms with Crippen LogP contribution in [0.3, 0.4) is 0 Å². The van der Waals surface area contributed by atoms with Crippen LogP contribution in [0.5, 0.6) is 11.5 Å². The number of benzene rings is 2. The summed E-state index contributed by atoms with van der Waals surface area (Å²) in [6.45, 7) is 1.50. The van der Waals surface area contributed by atoms with E-state index in [1.54, 1.807) is 17.0 Å². The van der Waals surface area contributed by atoms with E-state index in [2.05, 4.69) is 0 Å². The lowest BCUT2D eigenvalue weighted by molar-refractivity contribution is -0.139. The van der Waals surface area contributed by atoms with Crippen LogP contribution < -0.4 is 15.2 Å². The molecule has 1 saturated carbocycles. The van der Waals surface area contributed by atoms with Gasteiger partial charge in [0, 0.05) is 32.1 Å². The molecule has 0 radical (unpaired) electrons. The van der Waals surface area contributed by atoms with Crippen molar-refractivity contribution in [2.45, 2.75) is 87.0 Å². The van der Waals surface area contributed by atoms with Gasteiger partial charge in [0.05, 0.1) is 17.1 Å². The second-order valence-corrected chi connectivity index (χ2v) is 13.8. The number of amides is 1. The van der Waals surface area contributed by atoms with Crippen molar-refractivity contribution in [3.63, 3.8) is 0 Å². The van der Waals surface area contributed by atoms with Crippen LogP contribution >= 0.6 is 0 Å². The van der Waals surface area contributed by atoms with Crippen LogP contribution in [0, 0.1) is 5.92 Å². The van der Waals surface area contributed by atoms with E-state index in [0.717, 1.165) is 25.0 Å². The summed E-state index contributed by atoms with van der Waals surface area (Å²) in [6, 6.07) is 9.67. The maximum Gasteiger partial charge on any atom is 0.416 e. The summed E-state index contributed by atoms with van der Waals surface area (Å²) >= 11 is 0. The number of piperidine rings is 2. The van der Waals surface area contributed by atoms with Crippen molar-refractivity contribution in [1.82, 2.24) is 9.21 Å². The lowest BCUT2D eigenvalue weighted by atomic mass is 9.90. The monoisotopic (exact) mass is 623 g/mol. The fraction of sp³-hybridized carbons (Fsp3) is 0.581. The molecule has 236 valence electrons. The third-order valence-electron chi connectivity index (χ3n) is 8.77. The number of sulfonamides is 1. The van der Waals surface area contributed by atoms with Crippen molar-refractivity contribution in [1.29, 1.82) is 0 Å². The number of hydrogen-bond acceptors (Lipinski definition) is 6. The van der Waals surface area contributed by atoms with Gasteiger partial charge in [-0.1, -0.05) is 19.3 Å². The Bertz CT molecular complexity index is 1320. The number of carbonyl (C=O) groups is 1. The van der Waals surface area contributed by atoms with Gasteiger partial charge in [-0.05, 0) is 86.6 Å². The van der Waals surface area contributed by atoms with Gasteiger partial charge in [0.25, 0.3) is 0 Å². The highest BCUT2D eigenvalue weighted by molar-refractivity contribution is 7.89. The number of likely N-dealkylation sites (tertiary alicyclic amines) is 1. The molecule has 2 heterocycles. The molecule has 2 aromatic rings. The number of ether oxygens (including phenoxy) is 2. The predicted molar refractivity (Wildman–Crippen MR) is 155 cm³/mol. The fourth-order valence-corrected chi connectivity index (χ4v) is 7.79. The van der Waals surface area contributed by atoms with Crippen LogP contribution in [0.4, 0.5) is 13.2 Å². The van der Waals surface area contributed by atoms with Crippen molar-refractivity contribution in [3.8, 4) is 11.5 Å². The topological polar surface area (TPSA) is 102 Å². The zero-order valence-electron chi connectivity index (χ0n) is 24.2. The quantitative estimate of drug-likeness (QED) is 0.433. The number of halogens is 3. The lowest BCUT2D eigenvalue weighted by Crippen LogP contribution is -2.57. The number of nitrogens with zero attached hydrogens (tertiary/aromatic N) is 2. The van der Waals surface area contributed by atoms with E-state index in [1.807, 2.05) is 0 Å². The maximum atomic E-state index is 13.9. The van der Waals surface area contributed by atoms with E-state index in [4.69, 9.17) is 15.2 Å². The Kier molecular flexibility index (Phi) is 9.87. The molecule has 8 nitrogen and oxygen atoms in total. The molecular weight excluding hydrogens is 583 g/mol. The van der Waals surface area contributed by atoms with Gasteiger partial charge in [0.1, 0.15) is 23.6 Å². The average molecular weight is 624 g/mol. The molecule has 3 aliphatic rings. The van der Waals surface area contributed by atoms with Crippen molar-refractivity contribution in [3.05, 3.63) is 54.1 Å². The molecule has 2 atom stereocenters. The van der Waals surface area contributed by atoms with Gasteiger partial charge in [-0.3, -0.25) is 4.79 Å². The van der Waals surface area contributed by atoms with Crippen LogP contribution in [0.1, 0.15) is 63.4 Å². The van der Waals surface area contributed by atoms with E-state index in [9.17, 15) is 26.4 Å². The lowest BCUT2D eigenvalue weighted by Gasteiger charge is -2.41. The first-order valence-corrected chi connectivity index (χ1v) is 16.6. The SMILES string of the molecule is NC1CCN(C(=O)[C@@H]2C[C@@H](Oc3ccc(C(F)(F)F)cc3)CCN2S(=O)(=O)c2ccc(OCC3CCCCC3)cc2)CC1. The first-order chi connectivity index (χ1) is 20.5. The van der Waals surface area contributed by atoms with Gasteiger partial charge in [-0.2, -0.15) is 17.5 Å². The molecule has 0 spiro atoms. The highest BCUT2D eigenvalue weighted by atomic mass is 32.2. The van der Waals surface area contributed by atoms with Crippen LogP contribution in [0.15, 0.2) is 53.4 Å². The fourth-order valence-electron chi connectivity index (χ4n) is 6.19. The molecule has 0 unspecified atom stereocenters. The first-order valence-electron chi connectivity index (χ1n) is 15.1. The number of rotatable bonds is 8. The van der Waals surface area contributed by atoms with Gasteiger partial charge in [-0.15, -0.1) is 0 Å². The summed E-state index contributed by atoms with van der Waals surface area (Å²) in [5.41, 5.74) is 5.24.